The van der Waals surface area contributed by atoms with Crippen molar-refractivity contribution in [3.63, 3.8) is 0 Å². The highest BCUT2D eigenvalue weighted by atomic mass is 16.5. The Morgan fingerprint density at radius 3 is 2.00 bits per heavy atom. The first-order chi connectivity index (χ1) is 9.83. The first-order valence-corrected chi connectivity index (χ1v) is 6.90. The number of methoxy groups -OCH3 is 1. The molecule has 0 heterocycles. The van der Waals surface area contributed by atoms with Crippen LogP contribution in [0.5, 0.6) is 5.75 Å². The third-order valence-corrected chi connectivity index (χ3v) is 3.21. The van der Waals surface area contributed by atoms with E-state index in [0.29, 0.717) is 0 Å². The van der Waals surface area contributed by atoms with Gasteiger partial charge in [-0.2, -0.15) is 0 Å². The predicted molar refractivity (Wildman–Crippen MR) is 86.3 cm³/mol. The monoisotopic (exact) mass is 264 g/mol. The van der Waals surface area contributed by atoms with Crippen LogP contribution in [0.25, 0.3) is 10.8 Å². The summed E-state index contributed by atoms with van der Waals surface area (Å²) in [6.07, 6.45) is 1.14. The van der Waals surface area contributed by atoms with Crippen LogP contribution in [0.15, 0.2) is 72.8 Å². The van der Waals surface area contributed by atoms with E-state index in [1.54, 1.807) is 7.11 Å². The van der Waals surface area contributed by atoms with Crippen molar-refractivity contribution in [3.05, 3.63) is 78.4 Å². The van der Waals surface area contributed by atoms with E-state index >= 15 is 0 Å². The molecule has 0 amide bonds. The summed E-state index contributed by atoms with van der Waals surface area (Å²) in [6, 6.07) is 24.8. The lowest BCUT2D eigenvalue weighted by atomic mass is 10.1. The topological polar surface area (TPSA) is 9.23 Å². The molecule has 0 atom stereocenters. The number of aryl methyl sites for hydroxylation is 1. The Bertz CT molecular complexity index is 644. The fourth-order valence-electron chi connectivity index (χ4n) is 2.01. The van der Waals surface area contributed by atoms with Gasteiger partial charge in [-0.1, -0.05) is 67.6 Å². The smallest absolute Gasteiger partial charge is 0.119 e. The third kappa shape index (κ3) is 3.86. The molecule has 3 rings (SSSR count). The molecule has 3 aromatic carbocycles. The highest BCUT2D eigenvalue weighted by Crippen LogP contribution is 2.19. The van der Waals surface area contributed by atoms with Crippen LogP contribution < -0.4 is 4.74 Å². The minimum Gasteiger partial charge on any atom is -0.497 e. The molecule has 3 aromatic rings. The largest absolute Gasteiger partial charge is 0.497 e. The highest BCUT2D eigenvalue weighted by molar-refractivity contribution is 5.83. The molecule has 0 aromatic heterocycles. The van der Waals surface area contributed by atoms with Crippen molar-refractivity contribution in [1.82, 2.24) is 0 Å². The average molecular weight is 264 g/mol. The van der Waals surface area contributed by atoms with Crippen molar-refractivity contribution < 1.29 is 4.74 Å². The Balaban J connectivity index is 0.000000160. The first kappa shape index (κ1) is 14.1. The Morgan fingerprint density at radius 2 is 1.40 bits per heavy atom. The second kappa shape index (κ2) is 7.34. The molecule has 0 radical (unpaired) electrons. The maximum absolute atomic E-state index is 5.12. The molecule has 0 aliphatic rings. The summed E-state index contributed by atoms with van der Waals surface area (Å²) in [4.78, 5) is 0. The number of hydrogen-bond acceptors (Lipinski definition) is 1. The SMILES string of the molecule is CCc1ccccc1.COc1ccc2ccccc2c1. The van der Waals surface area contributed by atoms with Gasteiger partial charge in [0, 0.05) is 0 Å². The molecular weight excluding hydrogens is 244 g/mol. The van der Waals surface area contributed by atoms with E-state index < -0.39 is 0 Å². The zero-order valence-electron chi connectivity index (χ0n) is 12.0. The van der Waals surface area contributed by atoms with Gasteiger partial charge in [0.15, 0.2) is 0 Å². The summed E-state index contributed by atoms with van der Waals surface area (Å²) in [6.45, 7) is 2.16. The number of hydrogen-bond donors (Lipinski definition) is 0. The average Bonchev–Trinajstić information content (AvgIpc) is 2.55. The maximum atomic E-state index is 5.12. The fraction of sp³-hybridized carbons (Fsp3) is 0.158. The molecular formula is C19H20O. The summed E-state index contributed by atoms with van der Waals surface area (Å²) in [5.41, 5.74) is 1.41. The van der Waals surface area contributed by atoms with Gasteiger partial charge in [0.2, 0.25) is 0 Å². The lowest BCUT2D eigenvalue weighted by molar-refractivity contribution is 0.415. The Kier molecular flexibility index (Phi) is 5.19. The van der Waals surface area contributed by atoms with Gasteiger partial charge in [0.05, 0.1) is 7.11 Å². The van der Waals surface area contributed by atoms with Gasteiger partial charge in [0.25, 0.3) is 0 Å². The van der Waals surface area contributed by atoms with E-state index in [9.17, 15) is 0 Å². The summed E-state index contributed by atoms with van der Waals surface area (Å²) in [7, 11) is 1.68. The molecule has 0 spiro atoms. The molecule has 1 nitrogen and oxygen atoms in total. The van der Waals surface area contributed by atoms with Crippen LogP contribution in [-0.2, 0) is 6.42 Å². The molecule has 0 bridgehead atoms. The van der Waals surface area contributed by atoms with Crippen LogP contribution in [0, 0.1) is 0 Å². The van der Waals surface area contributed by atoms with Crippen molar-refractivity contribution in [1.29, 1.82) is 0 Å². The van der Waals surface area contributed by atoms with Gasteiger partial charge in [-0.25, -0.2) is 0 Å². The van der Waals surface area contributed by atoms with E-state index in [0.717, 1.165) is 12.2 Å². The zero-order valence-corrected chi connectivity index (χ0v) is 12.0. The van der Waals surface area contributed by atoms with Crippen molar-refractivity contribution in [2.75, 3.05) is 7.11 Å². The normalized spacial score (nSPS) is 9.70. The standard InChI is InChI=1S/C11H10O.C8H10/c1-12-11-7-6-9-4-2-3-5-10(9)8-11;1-2-8-6-4-3-5-7-8/h2-8H,1H3;3-7H,2H2,1H3. The Hall–Kier alpha value is -2.28. The summed E-state index contributed by atoms with van der Waals surface area (Å²) in [5, 5.41) is 2.47. The molecule has 0 saturated carbocycles. The van der Waals surface area contributed by atoms with E-state index in [1.807, 2.05) is 30.3 Å². The summed E-state index contributed by atoms with van der Waals surface area (Å²) < 4.78 is 5.12. The number of rotatable bonds is 2. The minimum absolute atomic E-state index is 0.911. The Labute approximate surface area is 120 Å². The summed E-state index contributed by atoms with van der Waals surface area (Å²) >= 11 is 0. The maximum Gasteiger partial charge on any atom is 0.119 e. The highest BCUT2D eigenvalue weighted by Gasteiger charge is 1.93. The lowest BCUT2D eigenvalue weighted by Gasteiger charge is -2.00. The first-order valence-electron chi connectivity index (χ1n) is 6.90. The van der Waals surface area contributed by atoms with Gasteiger partial charge >= 0.3 is 0 Å². The molecule has 1 heteroatoms. The molecule has 0 unspecified atom stereocenters. The second-order valence-corrected chi connectivity index (χ2v) is 4.55. The molecule has 0 saturated heterocycles. The van der Waals surface area contributed by atoms with Crippen LogP contribution in [0.3, 0.4) is 0 Å². The van der Waals surface area contributed by atoms with Crippen LogP contribution >= 0.6 is 0 Å². The van der Waals surface area contributed by atoms with E-state index in [4.69, 9.17) is 4.74 Å². The van der Waals surface area contributed by atoms with Crippen molar-refractivity contribution in [2.45, 2.75) is 13.3 Å². The van der Waals surface area contributed by atoms with E-state index in [1.165, 1.54) is 16.3 Å². The molecule has 102 valence electrons. The third-order valence-electron chi connectivity index (χ3n) is 3.21. The number of ether oxygens (including phenoxy) is 1. The molecule has 0 aliphatic heterocycles. The van der Waals surface area contributed by atoms with Gasteiger partial charge in [-0.15, -0.1) is 0 Å². The quantitative estimate of drug-likeness (QED) is 0.626. The van der Waals surface area contributed by atoms with Gasteiger partial charge in [-0.05, 0) is 34.9 Å². The Morgan fingerprint density at radius 1 is 0.750 bits per heavy atom. The van der Waals surface area contributed by atoms with Crippen LogP contribution in [0.2, 0.25) is 0 Å². The summed E-state index contributed by atoms with van der Waals surface area (Å²) in [5.74, 6) is 0.911. The van der Waals surface area contributed by atoms with Gasteiger partial charge in [-0.3, -0.25) is 0 Å². The molecule has 20 heavy (non-hydrogen) atoms. The molecule has 0 aliphatic carbocycles. The van der Waals surface area contributed by atoms with Crippen molar-refractivity contribution in [2.24, 2.45) is 0 Å². The molecule has 0 fully saturated rings. The predicted octanol–water partition coefficient (Wildman–Crippen LogP) is 5.10. The zero-order chi connectivity index (χ0) is 14.2. The van der Waals surface area contributed by atoms with E-state index in [-0.39, 0.29) is 0 Å². The van der Waals surface area contributed by atoms with Crippen molar-refractivity contribution in [3.8, 4) is 5.75 Å². The minimum atomic E-state index is 0.911. The lowest BCUT2D eigenvalue weighted by Crippen LogP contribution is -1.81. The molecule has 0 N–H and O–H groups in total. The van der Waals surface area contributed by atoms with Crippen molar-refractivity contribution >= 4 is 10.8 Å². The van der Waals surface area contributed by atoms with Crippen LogP contribution in [0.4, 0.5) is 0 Å². The second-order valence-electron chi connectivity index (χ2n) is 4.55. The number of fused-ring (bicyclic) bond motifs is 1. The van der Waals surface area contributed by atoms with Crippen LogP contribution in [0.1, 0.15) is 12.5 Å². The van der Waals surface area contributed by atoms with E-state index in [2.05, 4.69) is 49.4 Å². The van der Waals surface area contributed by atoms with Gasteiger partial charge < -0.3 is 4.74 Å². The van der Waals surface area contributed by atoms with Crippen LogP contribution in [-0.4, -0.2) is 7.11 Å². The fourth-order valence-corrected chi connectivity index (χ4v) is 2.01. The number of benzene rings is 3. The van der Waals surface area contributed by atoms with Gasteiger partial charge in [0.1, 0.15) is 5.75 Å².